The Morgan fingerprint density at radius 1 is 1.19 bits per heavy atom. The van der Waals surface area contributed by atoms with Gasteiger partial charge in [0.1, 0.15) is 5.78 Å². The van der Waals surface area contributed by atoms with Crippen LogP contribution in [0, 0.1) is 23.0 Å². The summed E-state index contributed by atoms with van der Waals surface area (Å²) >= 11 is 0. The third-order valence-corrected chi connectivity index (χ3v) is 5.07. The molecule has 2 nitrogen and oxygen atoms in total. The number of ketones is 1. The summed E-state index contributed by atoms with van der Waals surface area (Å²) in [5, 5.41) is 0. The molecule has 1 aromatic rings. The standard InChI is InChI=1S/C20H18F5NO.C5H12.H2/c1-19(23)13(11-20(19,24)25)9-15(27)7-3-6-14-5-2-4-12-8-16(21)17(22)10-18(12)26-14;1-5(2,3)4;/h2-4,6,8,10,13H,5,7,9,11H2,1H3;1-4H3;1H/b6-3+;;. The quantitative estimate of drug-likeness (QED) is 0.411. The van der Waals surface area contributed by atoms with Crippen LogP contribution in [0.3, 0.4) is 0 Å². The number of carbonyl (C=O) groups is 1. The summed E-state index contributed by atoms with van der Waals surface area (Å²) < 4.78 is 66.8. The normalized spacial score (nSPS) is 24.1. The predicted octanol–water partition coefficient (Wildman–Crippen LogP) is 8.04. The Morgan fingerprint density at radius 2 is 1.78 bits per heavy atom. The first-order chi connectivity index (χ1) is 14.6. The van der Waals surface area contributed by atoms with E-state index >= 15 is 0 Å². The molecule has 1 aliphatic carbocycles. The van der Waals surface area contributed by atoms with Gasteiger partial charge in [-0.3, -0.25) is 9.79 Å². The summed E-state index contributed by atoms with van der Waals surface area (Å²) in [6.07, 6.45) is 5.96. The molecule has 0 aromatic heterocycles. The SMILES string of the molecule is CC(C)(C)C.CC1(F)C(CC(=O)C/C=C/C2=Nc3cc(F)c(F)cc3C=CC2)CC1(F)F.[HH]. The molecule has 0 saturated heterocycles. The number of carbonyl (C=O) groups excluding carboxylic acids is 1. The number of hydrogen-bond acceptors (Lipinski definition) is 2. The maximum atomic E-state index is 13.9. The fourth-order valence-corrected chi connectivity index (χ4v) is 3.21. The van der Waals surface area contributed by atoms with Gasteiger partial charge in [0.25, 0.3) is 5.92 Å². The van der Waals surface area contributed by atoms with Gasteiger partial charge in [-0.25, -0.2) is 22.0 Å². The van der Waals surface area contributed by atoms with Crippen LogP contribution in [0.5, 0.6) is 0 Å². The Morgan fingerprint density at radius 3 is 2.34 bits per heavy atom. The van der Waals surface area contributed by atoms with Gasteiger partial charge >= 0.3 is 0 Å². The van der Waals surface area contributed by atoms with Crippen LogP contribution < -0.4 is 0 Å². The zero-order valence-electron chi connectivity index (χ0n) is 19.1. The number of nitrogens with zero attached hydrogens (tertiary/aromatic N) is 1. The molecule has 178 valence electrons. The average Bonchev–Trinajstić information content (AvgIpc) is 2.82. The first kappa shape index (κ1) is 25.9. The maximum Gasteiger partial charge on any atom is 0.281 e. The molecule has 1 aliphatic heterocycles. The molecular weight excluding hydrogens is 425 g/mol. The van der Waals surface area contributed by atoms with E-state index in [9.17, 15) is 26.7 Å². The summed E-state index contributed by atoms with van der Waals surface area (Å²) in [5.41, 5.74) is -0.889. The molecule has 0 spiro atoms. The van der Waals surface area contributed by atoms with E-state index in [1.54, 1.807) is 18.2 Å². The summed E-state index contributed by atoms with van der Waals surface area (Å²) in [7, 11) is 0. The monoisotopic (exact) mass is 457 g/mol. The molecule has 2 aliphatic rings. The van der Waals surface area contributed by atoms with Crippen LogP contribution in [-0.2, 0) is 4.79 Å². The number of hydrogen-bond donors (Lipinski definition) is 0. The summed E-state index contributed by atoms with van der Waals surface area (Å²) in [6, 6.07) is 2.06. The molecule has 7 heteroatoms. The Kier molecular flexibility index (Phi) is 7.84. The Hall–Kier alpha value is -2.31. The van der Waals surface area contributed by atoms with Crippen molar-refractivity contribution in [1.82, 2.24) is 0 Å². The Labute approximate surface area is 187 Å². The lowest BCUT2D eigenvalue weighted by Gasteiger charge is -2.47. The van der Waals surface area contributed by atoms with Crippen LogP contribution in [0.25, 0.3) is 6.08 Å². The van der Waals surface area contributed by atoms with Gasteiger partial charge in [0.15, 0.2) is 17.3 Å². The van der Waals surface area contributed by atoms with Crippen molar-refractivity contribution in [3.05, 3.63) is 47.6 Å². The van der Waals surface area contributed by atoms with Crippen LogP contribution >= 0.6 is 0 Å². The fourth-order valence-electron chi connectivity index (χ4n) is 3.21. The highest BCUT2D eigenvalue weighted by atomic mass is 19.3. The van der Waals surface area contributed by atoms with Crippen LogP contribution in [0.15, 0.2) is 35.4 Å². The van der Waals surface area contributed by atoms with Crippen molar-refractivity contribution in [3.63, 3.8) is 0 Å². The summed E-state index contributed by atoms with van der Waals surface area (Å²) in [4.78, 5) is 16.2. The van der Waals surface area contributed by atoms with Crippen molar-refractivity contribution >= 4 is 23.3 Å². The van der Waals surface area contributed by atoms with Crippen molar-refractivity contribution < 1.29 is 28.2 Å². The number of benzene rings is 1. The predicted molar refractivity (Wildman–Crippen MR) is 120 cm³/mol. The van der Waals surface area contributed by atoms with Crippen molar-refractivity contribution in [3.8, 4) is 0 Å². The van der Waals surface area contributed by atoms with E-state index in [1.165, 1.54) is 6.08 Å². The second-order valence-corrected chi connectivity index (χ2v) is 10.1. The highest BCUT2D eigenvalue weighted by Crippen LogP contribution is 2.55. The topological polar surface area (TPSA) is 29.4 Å². The zero-order valence-corrected chi connectivity index (χ0v) is 19.1. The third-order valence-electron chi connectivity index (χ3n) is 5.07. The number of fused-ring (bicyclic) bond motifs is 1. The van der Waals surface area contributed by atoms with E-state index in [1.807, 2.05) is 0 Å². The van der Waals surface area contributed by atoms with Crippen LogP contribution in [0.1, 0.15) is 67.3 Å². The molecule has 1 heterocycles. The molecule has 0 N–H and O–H groups in total. The fraction of sp³-hybridized carbons (Fsp3) is 0.520. The molecule has 3 rings (SSSR count). The lowest BCUT2D eigenvalue weighted by molar-refractivity contribution is -0.242. The second kappa shape index (κ2) is 9.67. The van der Waals surface area contributed by atoms with Gasteiger partial charge in [0, 0.05) is 50.4 Å². The highest BCUT2D eigenvalue weighted by Gasteiger charge is 2.66. The van der Waals surface area contributed by atoms with Crippen molar-refractivity contribution in [2.24, 2.45) is 16.3 Å². The zero-order chi connectivity index (χ0) is 24.3. The minimum absolute atomic E-state index is 0. The van der Waals surface area contributed by atoms with Crippen molar-refractivity contribution in [2.45, 2.75) is 71.9 Å². The molecule has 2 unspecified atom stereocenters. The maximum absolute atomic E-state index is 13.9. The van der Waals surface area contributed by atoms with Crippen LogP contribution in [0.2, 0.25) is 0 Å². The lowest BCUT2D eigenvalue weighted by atomic mass is 9.66. The molecule has 0 radical (unpaired) electrons. The number of Topliss-reactive ketones (excluding diaryl/α,β-unsaturated/α-hetero) is 1. The summed E-state index contributed by atoms with van der Waals surface area (Å²) in [6.45, 7) is 9.58. The first-order valence-electron chi connectivity index (χ1n) is 10.6. The van der Waals surface area contributed by atoms with E-state index in [0.29, 0.717) is 23.1 Å². The number of halogens is 5. The number of rotatable bonds is 5. The van der Waals surface area contributed by atoms with Gasteiger partial charge in [0.05, 0.1) is 5.69 Å². The van der Waals surface area contributed by atoms with Crippen LogP contribution in [-0.4, -0.2) is 23.1 Å². The molecule has 1 aromatic carbocycles. The van der Waals surface area contributed by atoms with Crippen molar-refractivity contribution in [1.29, 1.82) is 0 Å². The number of alkyl halides is 3. The summed E-state index contributed by atoms with van der Waals surface area (Å²) in [5.74, 6) is -6.65. The smallest absolute Gasteiger partial charge is 0.281 e. The Bertz CT molecular complexity index is 939. The lowest BCUT2D eigenvalue weighted by Crippen LogP contribution is -2.60. The average molecular weight is 458 g/mol. The van der Waals surface area contributed by atoms with Crippen LogP contribution in [0.4, 0.5) is 27.6 Å². The molecule has 1 saturated carbocycles. The number of allylic oxidation sites excluding steroid dienone is 3. The number of aliphatic imine (C=N–C) groups is 1. The van der Waals surface area contributed by atoms with E-state index in [-0.39, 0.29) is 25.7 Å². The minimum Gasteiger partial charge on any atom is -0.299 e. The molecule has 1 fully saturated rings. The minimum atomic E-state index is -3.38. The third kappa shape index (κ3) is 6.84. The molecule has 0 amide bonds. The van der Waals surface area contributed by atoms with E-state index in [4.69, 9.17) is 0 Å². The van der Waals surface area contributed by atoms with E-state index in [0.717, 1.165) is 19.1 Å². The first-order valence-corrected chi connectivity index (χ1v) is 10.6. The van der Waals surface area contributed by atoms with Gasteiger partial charge in [0.2, 0.25) is 0 Å². The molecule has 0 bridgehead atoms. The highest BCUT2D eigenvalue weighted by molar-refractivity contribution is 6.00. The molecular formula is C25H32F5NO. The van der Waals surface area contributed by atoms with Gasteiger partial charge < -0.3 is 0 Å². The van der Waals surface area contributed by atoms with Gasteiger partial charge in [-0.1, -0.05) is 45.9 Å². The van der Waals surface area contributed by atoms with Gasteiger partial charge in [-0.15, -0.1) is 0 Å². The second-order valence-electron chi connectivity index (χ2n) is 10.1. The molecule has 32 heavy (non-hydrogen) atoms. The largest absolute Gasteiger partial charge is 0.299 e. The van der Waals surface area contributed by atoms with E-state index < -0.39 is 35.6 Å². The van der Waals surface area contributed by atoms with Gasteiger partial charge in [-0.2, -0.15) is 0 Å². The van der Waals surface area contributed by atoms with Gasteiger partial charge in [-0.05, 0) is 24.5 Å². The van der Waals surface area contributed by atoms with E-state index in [2.05, 4.69) is 32.7 Å². The van der Waals surface area contributed by atoms with Crippen molar-refractivity contribution in [2.75, 3.05) is 0 Å². The Balaban J connectivity index is 0.000000821. The molecule has 2 atom stereocenters.